The molecule has 3 aliphatic rings. The van der Waals surface area contributed by atoms with Gasteiger partial charge in [-0.05, 0) is 0 Å². The van der Waals surface area contributed by atoms with Crippen molar-refractivity contribution in [2.24, 2.45) is 0 Å². The van der Waals surface area contributed by atoms with E-state index in [0.29, 0.717) is 0 Å². The summed E-state index contributed by atoms with van der Waals surface area (Å²) in [6, 6.07) is 51.3. The molecule has 0 amide bonds. The first kappa shape index (κ1) is 47.3. The predicted octanol–water partition coefficient (Wildman–Crippen LogP) is 20.1. The molecule has 9 rings (SSSR count). The van der Waals surface area contributed by atoms with Crippen LogP contribution in [0, 0.1) is 0 Å². The van der Waals surface area contributed by atoms with E-state index in [1.54, 1.807) is 39.9 Å². The zero-order valence-corrected chi connectivity index (χ0v) is 49.3. The van der Waals surface area contributed by atoms with Crippen LogP contribution in [0.1, 0.15) is 148 Å². The fraction of sp³-hybridized carbons (Fsp3) is 0.419. The maximum absolute atomic E-state index is 3.54. The molecule has 0 aromatic heterocycles. The van der Waals surface area contributed by atoms with Gasteiger partial charge in [0, 0.05) is 0 Å². The molecule has 6 aromatic rings. The molecule has 2 aliphatic carbocycles. The van der Waals surface area contributed by atoms with Crippen LogP contribution in [0.5, 0.6) is 0 Å². The summed E-state index contributed by atoms with van der Waals surface area (Å²) < 4.78 is 6.34. The van der Waals surface area contributed by atoms with Gasteiger partial charge in [-0.3, -0.25) is 0 Å². The second kappa shape index (κ2) is 20.9. The van der Waals surface area contributed by atoms with E-state index in [4.69, 9.17) is 0 Å². The summed E-state index contributed by atoms with van der Waals surface area (Å²) in [5.41, 5.74) is 16.5. The summed E-state index contributed by atoms with van der Waals surface area (Å²) in [4.78, 5) is 0. The molecule has 1 fully saturated rings. The van der Waals surface area contributed by atoms with Crippen LogP contribution in [0.4, 0.5) is 0 Å². The van der Waals surface area contributed by atoms with Crippen molar-refractivity contribution in [1.29, 1.82) is 0 Å². The fourth-order valence-electron chi connectivity index (χ4n) is 15.0. The van der Waals surface area contributed by atoms with Gasteiger partial charge in [0.05, 0.1) is 0 Å². The van der Waals surface area contributed by atoms with Crippen molar-refractivity contribution < 1.29 is 38.3 Å². The van der Waals surface area contributed by atoms with Crippen LogP contribution in [0.25, 0.3) is 56.0 Å². The Kier molecular flexibility index (Phi) is 15.2. The van der Waals surface area contributed by atoms with E-state index in [0.717, 1.165) is 7.35 Å². The van der Waals surface area contributed by atoms with E-state index in [-0.39, 0.29) is 0 Å². The average Bonchev–Trinajstić information content (AvgIpc) is 4.12. The number of hydrogen-bond acceptors (Lipinski definition) is 0. The van der Waals surface area contributed by atoms with E-state index >= 15 is 0 Å². The van der Waals surface area contributed by atoms with E-state index in [1.165, 1.54) is 121 Å². The van der Waals surface area contributed by atoms with Gasteiger partial charge in [-0.15, -0.1) is 0 Å². The Morgan fingerprint density at radius 2 is 0.769 bits per heavy atom. The minimum absolute atomic E-state index is 0.764. The Bertz CT molecular complexity index is 2470. The molecule has 2 atom stereocenters. The van der Waals surface area contributed by atoms with Gasteiger partial charge >= 0.3 is 406 Å². The molecule has 0 bridgehead atoms. The van der Waals surface area contributed by atoms with Gasteiger partial charge in [0.15, 0.2) is 0 Å². The van der Waals surface area contributed by atoms with Gasteiger partial charge in [-0.25, -0.2) is 0 Å². The van der Waals surface area contributed by atoms with Crippen LogP contribution >= 0.6 is 0 Å². The molecule has 0 spiro atoms. The van der Waals surface area contributed by atoms with Gasteiger partial charge in [0.2, 0.25) is 0 Å². The normalized spacial score (nSPS) is 18.0. The third kappa shape index (κ3) is 8.18. The number of allylic oxidation sites excluding steroid dienone is 2. The first-order valence-electron chi connectivity index (χ1n) is 26.6. The maximum atomic E-state index is 2.84. The van der Waals surface area contributed by atoms with Crippen LogP contribution < -0.4 is 0 Å². The molecule has 2 unspecified atom stereocenters. The third-order valence-electron chi connectivity index (χ3n) is 17.7. The number of hydrogen-bond donors (Lipinski definition) is 0. The Hall–Kier alpha value is -2.72. The van der Waals surface area contributed by atoms with E-state index in [1.807, 2.05) is 22.3 Å². The van der Waals surface area contributed by atoms with E-state index < -0.39 is 40.7 Å². The third-order valence-corrected chi connectivity index (χ3v) is 207. The molecule has 65 heavy (non-hydrogen) atoms. The molecule has 0 N–H and O–H groups in total. The Labute approximate surface area is 402 Å². The van der Waals surface area contributed by atoms with Gasteiger partial charge in [0.1, 0.15) is 0 Å². The molecule has 1 aliphatic heterocycles. The minimum atomic E-state index is -3.54. The molecule has 1 saturated heterocycles. The number of fused-ring (bicyclic) bond motifs is 4. The summed E-state index contributed by atoms with van der Waals surface area (Å²) in [6.07, 6.45) is 22.5. The molecule has 0 radical (unpaired) electrons. The molecule has 338 valence electrons. The molecule has 0 saturated carbocycles. The van der Waals surface area contributed by atoms with Gasteiger partial charge in [-0.1, -0.05) is 0 Å². The van der Waals surface area contributed by atoms with Crippen LogP contribution in [0.15, 0.2) is 132 Å². The second-order valence-corrected chi connectivity index (χ2v) is 108. The van der Waals surface area contributed by atoms with Crippen molar-refractivity contribution in [2.75, 3.05) is 0 Å². The standard InChI is InChI=1S/2C21H17.C4H8Si.4C4H9.2Hf/c2*1-2-15-13-17-9-6-12-20(21(17)14-15)19-11-5-8-16-7-3-4-10-18(16)19;1-2-4-5-3-1;4*1-3-4-2;;/h2*3-14H,2H2,1H3;1-4H2;4*1,3-4H2,2H3;;. The zero-order chi connectivity index (χ0) is 45.0. The molecule has 6 aromatic carbocycles. The van der Waals surface area contributed by atoms with Gasteiger partial charge in [-0.2, -0.15) is 0 Å². The summed E-state index contributed by atoms with van der Waals surface area (Å²) in [7, 11) is 0. The molecule has 0 nitrogen and oxygen atoms in total. The van der Waals surface area contributed by atoms with Crippen molar-refractivity contribution in [3.63, 3.8) is 0 Å². The van der Waals surface area contributed by atoms with Crippen molar-refractivity contribution in [3.05, 3.63) is 155 Å². The Balaban J connectivity index is 1.33. The zero-order valence-electron chi connectivity index (χ0n) is 41.1. The first-order chi connectivity index (χ1) is 32.0. The van der Waals surface area contributed by atoms with E-state index in [2.05, 4.69) is 175 Å². The van der Waals surface area contributed by atoms with Crippen LogP contribution in [-0.2, 0) is 38.3 Å². The quantitative estimate of drug-likeness (QED) is 0.0669. The van der Waals surface area contributed by atoms with Crippen LogP contribution in [0.3, 0.4) is 0 Å². The van der Waals surface area contributed by atoms with E-state index in [9.17, 15) is 0 Å². The predicted molar refractivity (Wildman–Crippen MR) is 284 cm³/mol. The fourth-order valence-corrected chi connectivity index (χ4v) is 297. The molecule has 1 heterocycles. The molecular weight excluding hydrogens is 1130 g/mol. The van der Waals surface area contributed by atoms with Gasteiger partial charge in [0.25, 0.3) is 0 Å². The van der Waals surface area contributed by atoms with Crippen molar-refractivity contribution in [1.82, 2.24) is 0 Å². The number of unbranched alkanes of at least 4 members (excludes halogenated alkanes) is 4. The molecular formula is C62H78Hf2Si. The number of benzene rings is 6. The SMILES string of the molecule is CCC[CH2][Hf]([CH2]CCC)([CH]1C(CC)=Cc2c(-c3cccc4ccccc34)cccc21)[Si]1([Hf]([CH2]CCC)([CH2]CCC)[CH]2C(CC)=Cc3c(-c4cccc5ccccc45)cccc32)CCCC1. The van der Waals surface area contributed by atoms with Crippen molar-refractivity contribution >= 4 is 36.1 Å². The topological polar surface area (TPSA) is 0 Å². The monoisotopic (exact) mass is 1210 g/mol. The second-order valence-electron chi connectivity index (χ2n) is 20.7. The summed E-state index contributed by atoms with van der Waals surface area (Å²) in [5.74, 6) is 0. The summed E-state index contributed by atoms with van der Waals surface area (Å²) in [5, 5.41) is 5.54. The Morgan fingerprint density at radius 3 is 1.15 bits per heavy atom. The summed E-state index contributed by atoms with van der Waals surface area (Å²) in [6.45, 7) is 15.3. The average molecular weight is 1210 g/mol. The number of rotatable bonds is 20. The van der Waals surface area contributed by atoms with Crippen LogP contribution in [-0.4, -0.2) is 2.45 Å². The first-order valence-corrected chi connectivity index (χ1v) is 54.1. The van der Waals surface area contributed by atoms with Crippen LogP contribution in [0.2, 0.25) is 28.8 Å². The van der Waals surface area contributed by atoms with Crippen molar-refractivity contribution in [2.45, 2.75) is 155 Å². The van der Waals surface area contributed by atoms with Gasteiger partial charge < -0.3 is 0 Å². The summed E-state index contributed by atoms with van der Waals surface area (Å²) >= 11 is -7.08. The molecule has 3 heteroatoms. The van der Waals surface area contributed by atoms with Crippen molar-refractivity contribution in [3.8, 4) is 22.3 Å². The Morgan fingerprint density at radius 1 is 0.415 bits per heavy atom.